The Morgan fingerprint density at radius 2 is 2.00 bits per heavy atom. The van der Waals surface area contributed by atoms with Crippen molar-refractivity contribution < 1.29 is 26.9 Å². The first kappa shape index (κ1) is 18.9. The monoisotopic (exact) mass is 387 g/mol. The van der Waals surface area contributed by atoms with Crippen molar-refractivity contribution in [3.8, 4) is 5.75 Å². The van der Waals surface area contributed by atoms with Gasteiger partial charge < -0.3 is 9.64 Å². The van der Waals surface area contributed by atoms with Gasteiger partial charge in [-0.3, -0.25) is 9.00 Å². The molecule has 0 aliphatic carbocycles. The number of nitrogens with zero attached hydrogens (tertiary/aromatic N) is 1. The highest BCUT2D eigenvalue weighted by Crippen LogP contribution is 2.40. The number of piperidine rings is 1. The average Bonchev–Trinajstić information content (AvgIpc) is 2.52. The van der Waals surface area contributed by atoms with E-state index in [4.69, 9.17) is 4.74 Å². The quantitative estimate of drug-likeness (QED) is 0.791. The summed E-state index contributed by atoms with van der Waals surface area (Å²) in [7, 11) is -2.21. The maximum Gasteiger partial charge on any atom is 0.400 e. The number of ether oxygens (including phenoxy) is 1. The van der Waals surface area contributed by atoms with E-state index in [1.54, 1.807) is 11.0 Å². The van der Waals surface area contributed by atoms with E-state index in [1.165, 1.54) is 18.2 Å². The van der Waals surface area contributed by atoms with Gasteiger partial charge in [0.25, 0.3) is 0 Å². The standard InChI is InChI=1S/C18H20F3NO3S/c1-17(2)10-14(22-8-4-3-5-16(22)23)13-9-12(6-7-15(13)25-17)26(24)11-18(19,20)21/h6-7,9-10H,3-5,8,11H2,1-2H3. The molecule has 26 heavy (non-hydrogen) atoms. The molecule has 1 saturated heterocycles. The first-order valence-electron chi connectivity index (χ1n) is 8.37. The summed E-state index contributed by atoms with van der Waals surface area (Å²) in [5.74, 6) is -0.952. The van der Waals surface area contributed by atoms with E-state index in [0.29, 0.717) is 30.0 Å². The average molecular weight is 387 g/mol. The van der Waals surface area contributed by atoms with Gasteiger partial charge in [0.05, 0.1) is 16.5 Å². The van der Waals surface area contributed by atoms with Gasteiger partial charge >= 0.3 is 6.18 Å². The van der Waals surface area contributed by atoms with E-state index in [-0.39, 0.29) is 10.8 Å². The molecule has 142 valence electrons. The first-order valence-corrected chi connectivity index (χ1v) is 9.69. The molecule has 0 bridgehead atoms. The Morgan fingerprint density at radius 1 is 1.27 bits per heavy atom. The minimum atomic E-state index is -4.51. The predicted octanol–water partition coefficient (Wildman–Crippen LogP) is 3.88. The maximum absolute atomic E-state index is 12.6. The summed E-state index contributed by atoms with van der Waals surface area (Å²) in [4.78, 5) is 14.1. The Kier molecular flexibility index (Phi) is 4.90. The van der Waals surface area contributed by atoms with Crippen LogP contribution in [0.3, 0.4) is 0 Å². The molecular formula is C18H20F3NO3S. The van der Waals surface area contributed by atoms with Crippen LogP contribution in [0.25, 0.3) is 5.70 Å². The van der Waals surface area contributed by atoms with Crippen LogP contribution in [0.4, 0.5) is 13.2 Å². The second kappa shape index (κ2) is 6.72. The Balaban J connectivity index is 2.01. The maximum atomic E-state index is 12.6. The van der Waals surface area contributed by atoms with Crippen LogP contribution in [0.5, 0.6) is 5.75 Å². The van der Waals surface area contributed by atoms with Crippen molar-refractivity contribution in [2.24, 2.45) is 0 Å². The highest BCUT2D eigenvalue weighted by Gasteiger charge is 2.34. The SMILES string of the molecule is CC1(C)C=C(N2CCCCC2=O)c2cc(S(=O)CC(F)(F)F)ccc2O1. The van der Waals surface area contributed by atoms with E-state index in [9.17, 15) is 22.2 Å². The number of carbonyl (C=O) groups is 1. The van der Waals surface area contributed by atoms with Crippen molar-refractivity contribution in [3.05, 3.63) is 29.8 Å². The summed E-state index contributed by atoms with van der Waals surface area (Å²) >= 11 is 0. The fraction of sp³-hybridized carbons (Fsp3) is 0.500. The second-order valence-corrected chi connectivity index (χ2v) is 8.45. The zero-order chi connectivity index (χ0) is 19.1. The van der Waals surface area contributed by atoms with E-state index in [2.05, 4.69) is 0 Å². The molecule has 0 saturated carbocycles. The van der Waals surface area contributed by atoms with Crippen LogP contribution in [-0.4, -0.2) is 39.1 Å². The molecule has 0 spiro atoms. The van der Waals surface area contributed by atoms with Crippen molar-refractivity contribution >= 4 is 22.4 Å². The lowest BCUT2D eigenvalue weighted by Crippen LogP contribution is -2.38. The summed E-state index contributed by atoms with van der Waals surface area (Å²) in [5.41, 5.74) is 0.464. The number of hydrogen-bond donors (Lipinski definition) is 0. The molecule has 1 atom stereocenters. The third kappa shape index (κ3) is 4.11. The summed E-state index contributed by atoms with van der Waals surface area (Å²) in [6.07, 6.45) is -0.589. The van der Waals surface area contributed by atoms with Crippen LogP contribution in [0.2, 0.25) is 0 Å². The van der Waals surface area contributed by atoms with Crippen molar-refractivity contribution in [2.45, 2.75) is 49.8 Å². The number of hydrogen-bond acceptors (Lipinski definition) is 3. The van der Waals surface area contributed by atoms with Crippen molar-refractivity contribution in [1.29, 1.82) is 0 Å². The normalized spacial score (nSPS) is 20.9. The molecule has 0 N–H and O–H groups in total. The number of likely N-dealkylation sites (tertiary alicyclic amines) is 1. The molecule has 1 aromatic carbocycles. The predicted molar refractivity (Wildman–Crippen MR) is 92.0 cm³/mol. The fourth-order valence-corrected chi connectivity index (χ4v) is 4.11. The van der Waals surface area contributed by atoms with Gasteiger partial charge in [-0.2, -0.15) is 13.2 Å². The summed E-state index contributed by atoms with van der Waals surface area (Å²) in [6.45, 7) is 4.25. The molecule has 1 amide bonds. The molecule has 2 aliphatic heterocycles. The highest BCUT2D eigenvalue weighted by atomic mass is 32.2. The van der Waals surface area contributed by atoms with Gasteiger partial charge in [-0.15, -0.1) is 0 Å². The molecule has 0 radical (unpaired) electrons. The third-order valence-electron chi connectivity index (χ3n) is 4.26. The van der Waals surface area contributed by atoms with Gasteiger partial charge in [0, 0.05) is 23.4 Å². The molecule has 2 aliphatic rings. The minimum Gasteiger partial charge on any atom is -0.483 e. The van der Waals surface area contributed by atoms with Crippen LogP contribution in [0.1, 0.15) is 38.7 Å². The number of rotatable bonds is 3. The van der Waals surface area contributed by atoms with Crippen LogP contribution in [-0.2, 0) is 15.6 Å². The molecule has 4 nitrogen and oxygen atoms in total. The summed E-state index contributed by atoms with van der Waals surface area (Å²) in [6, 6.07) is 4.36. The van der Waals surface area contributed by atoms with Crippen LogP contribution < -0.4 is 4.74 Å². The number of amides is 1. The summed E-state index contributed by atoms with van der Waals surface area (Å²) in [5, 5.41) is 0. The number of alkyl halides is 3. The number of halogens is 3. The topological polar surface area (TPSA) is 46.6 Å². The van der Waals surface area contributed by atoms with Gasteiger partial charge in [-0.05, 0) is 51.0 Å². The zero-order valence-corrected chi connectivity index (χ0v) is 15.4. The molecule has 1 aromatic rings. The lowest BCUT2D eigenvalue weighted by Gasteiger charge is -2.37. The Morgan fingerprint density at radius 3 is 2.65 bits per heavy atom. The molecule has 2 heterocycles. The van der Waals surface area contributed by atoms with Gasteiger partial charge in [0.1, 0.15) is 17.1 Å². The van der Waals surface area contributed by atoms with Gasteiger partial charge in [-0.1, -0.05) is 0 Å². The highest BCUT2D eigenvalue weighted by molar-refractivity contribution is 7.85. The number of carbonyl (C=O) groups excluding carboxylic acids is 1. The van der Waals surface area contributed by atoms with Crippen molar-refractivity contribution in [1.82, 2.24) is 4.90 Å². The first-order chi connectivity index (χ1) is 12.1. The van der Waals surface area contributed by atoms with Crippen molar-refractivity contribution in [3.63, 3.8) is 0 Å². The molecule has 8 heteroatoms. The third-order valence-corrected chi connectivity index (χ3v) is 5.63. The molecule has 0 aromatic heterocycles. The lowest BCUT2D eigenvalue weighted by atomic mass is 9.96. The second-order valence-electron chi connectivity index (χ2n) is 7.00. The summed E-state index contributed by atoms with van der Waals surface area (Å²) < 4.78 is 55.7. The van der Waals surface area contributed by atoms with E-state index in [1.807, 2.05) is 13.8 Å². The number of benzene rings is 1. The van der Waals surface area contributed by atoms with Crippen LogP contribution in [0.15, 0.2) is 29.2 Å². The van der Waals surface area contributed by atoms with Gasteiger partial charge in [0.15, 0.2) is 0 Å². The van der Waals surface area contributed by atoms with Crippen LogP contribution >= 0.6 is 0 Å². The van der Waals surface area contributed by atoms with E-state index >= 15 is 0 Å². The van der Waals surface area contributed by atoms with Gasteiger partial charge in [0.2, 0.25) is 5.91 Å². The van der Waals surface area contributed by atoms with Crippen LogP contribution in [0, 0.1) is 0 Å². The molecular weight excluding hydrogens is 367 g/mol. The van der Waals surface area contributed by atoms with Crippen molar-refractivity contribution in [2.75, 3.05) is 12.3 Å². The molecule has 1 fully saturated rings. The Labute approximate surface area is 152 Å². The largest absolute Gasteiger partial charge is 0.483 e. The fourth-order valence-electron chi connectivity index (χ4n) is 3.18. The number of fused-ring (bicyclic) bond motifs is 1. The molecule has 1 unspecified atom stereocenters. The zero-order valence-electron chi connectivity index (χ0n) is 14.6. The van der Waals surface area contributed by atoms with Gasteiger partial charge in [-0.25, -0.2) is 0 Å². The lowest BCUT2D eigenvalue weighted by molar-refractivity contribution is -0.129. The minimum absolute atomic E-state index is 0.0204. The Hall–Kier alpha value is -1.83. The van der Waals surface area contributed by atoms with E-state index < -0.39 is 28.3 Å². The van der Waals surface area contributed by atoms with E-state index in [0.717, 1.165) is 12.8 Å². The Bertz CT molecular complexity index is 786. The smallest absolute Gasteiger partial charge is 0.400 e. The molecule has 3 rings (SSSR count).